The number of hydrogen-bond donors (Lipinski definition) is 1. The number of piperidine rings is 2. The van der Waals surface area contributed by atoms with E-state index in [9.17, 15) is 31.1 Å². The monoisotopic (exact) mass is 424 g/mol. The van der Waals surface area contributed by atoms with E-state index in [2.05, 4.69) is 10.1 Å². The van der Waals surface area contributed by atoms with Gasteiger partial charge >= 0.3 is 12.5 Å². The largest absolute Gasteiger partial charge is 0.573 e. The van der Waals surface area contributed by atoms with E-state index in [4.69, 9.17) is 0 Å². The van der Waals surface area contributed by atoms with Gasteiger partial charge in [-0.1, -0.05) is 6.07 Å². The van der Waals surface area contributed by atoms with Crippen molar-refractivity contribution in [3.8, 4) is 5.75 Å². The number of benzene rings is 1. The van der Waals surface area contributed by atoms with Gasteiger partial charge in [-0.3, -0.25) is 4.79 Å². The summed E-state index contributed by atoms with van der Waals surface area (Å²) in [6.45, 7) is 0.956. The highest BCUT2D eigenvalue weighted by atomic mass is 19.4. The molecular formula is C19H22F6N2O2. The number of likely N-dealkylation sites (tertiary alicyclic amines) is 1. The minimum Gasteiger partial charge on any atom is -0.405 e. The molecule has 1 N–H and O–H groups in total. The first-order chi connectivity index (χ1) is 13.5. The van der Waals surface area contributed by atoms with Crippen LogP contribution in [0.4, 0.5) is 26.3 Å². The lowest BCUT2D eigenvalue weighted by atomic mass is 9.89. The average molecular weight is 424 g/mol. The van der Waals surface area contributed by atoms with Gasteiger partial charge in [-0.05, 0) is 62.4 Å². The minimum atomic E-state index is -5.02. The van der Waals surface area contributed by atoms with Crippen LogP contribution >= 0.6 is 0 Å². The van der Waals surface area contributed by atoms with Crippen molar-refractivity contribution in [1.29, 1.82) is 0 Å². The van der Waals surface area contributed by atoms with Crippen LogP contribution < -0.4 is 10.1 Å². The highest BCUT2D eigenvalue weighted by molar-refractivity contribution is 5.97. The molecule has 2 aliphatic heterocycles. The number of amides is 1. The first kappa shape index (κ1) is 21.7. The van der Waals surface area contributed by atoms with Crippen LogP contribution in [0.1, 0.15) is 47.5 Å². The fourth-order valence-electron chi connectivity index (χ4n) is 3.93. The number of ether oxygens (including phenoxy) is 1. The highest BCUT2D eigenvalue weighted by Crippen LogP contribution is 2.36. The summed E-state index contributed by atoms with van der Waals surface area (Å²) in [4.78, 5) is 13.7. The van der Waals surface area contributed by atoms with Gasteiger partial charge in [0.1, 0.15) is 5.75 Å². The molecule has 2 fully saturated rings. The third-order valence-corrected chi connectivity index (χ3v) is 5.44. The normalized spacial score (nSPS) is 21.9. The molecule has 2 saturated heterocycles. The molecule has 0 bridgehead atoms. The second-order valence-corrected chi connectivity index (χ2v) is 7.46. The molecule has 0 spiro atoms. The number of halogens is 6. The van der Waals surface area contributed by atoms with Gasteiger partial charge in [0.15, 0.2) is 0 Å². The van der Waals surface area contributed by atoms with Crippen molar-refractivity contribution in [1.82, 2.24) is 10.2 Å². The topological polar surface area (TPSA) is 41.6 Å². The molecule has 0 aromatic heterocycles. The van der Waals surface area contributed by atoms with E-state index in [1.807, 2.05) is 0 Å². The van der Waals surface area contributed by atoms with Crippen LogP contribution in [0.2, 0.25) is 0 Å². The van der Waals surface area contributed by atoms with E-state index in [-0.39, 0.29) is 30.9 Å². The zero-order valence-corrected chi connectivity index (χ0v) is 15.6. The van der Waals surface area contributed by atoms with Crippen molar-refractivity contribution >= 4 is 5.91 Å². The number of alkyl halides is 6. The Hall–Kier alpha value is -1.97. The predicted octanol–water partition coefficient (Wildman–Crippen LogP) is 4.47. The molecule has 0 saturated carbocycles. The second-order valence-electron chi connectivity index (χ2n) is 7.46. The molecule has 29 heavy (non-hydrogen) atoms. The maximum Gasteiger partial charge on any atom is 0.573 e. The van der Waals surface area contributed by atoms with E-state index in [1.54, 1.807) is 6.07 Å². The minimum absolute atomic E-state index is 0.0283. The number of nitrogens with one attached hydrogen (secondary N) is 1. The molecule has 2 aliphatic rings. The van der Waals surface area contributed by atoms with Crippen LogP contribution in [0.3, 0.4) is 0 Å². The Balaban J connectivity index is 1.87. The van der Waals surface area contributed by atoms with E-state index in [0.717, 1.165) is 30.8 Å². The Morgan fingerprint density at radius 2 is 1.76 bits per heavy atom. The van der Waals surface area contributed by atoms with E-state index in [0.29, 0.717) is 5.56 Å². The van der Waals surface area contributed by atoms with Gasteiger partial charge < -0.3 is 15.0 Å². The van der Waals surface area contributed by atoms with Gasteiger partial charge in [0.25, 0.3) is 5.91 Å². The Kier molecular flexibility index (Phi) is 6.30. The molecule has 162 valence electrons. The zero-order valence-electron chi connectivity index (χ0n) is 15.6. The zero-order chi connectivity index (χ0) is 21.2. The molecule has 1 aromatic carbocycles. The van der Waals surface area contributed by atoms with Crippen molar-refractivity contribution in [3.05, 3.63) is 29.3 Å². The van der Waals surface area contributed by atoms with Crippen LogP contribution in [0.15, 0.2) is 18.2 Å². The van der Waals surface area contributed by atoms with E-state index < -0.39 is 36.7 Å². The van der Waals surface area contributed by atoms with Crippen LogP contribution in [-0.4, -0.2) is 49.5 Å². The van der Waals surface area contributed by atoms with E-state index >= 15 is 0 Å². The summed E-state index contributed by atoms with van der Waals surface area (Å²) < 4.78 is 81.9. The molecular weight excluding hydrogens is 402 g/mol. The van der Waals surface area contributed by atoms with Crippen LogP contribution in [-0.2, 0) is 0 Å². The molecule has 1 aromatic rings. The van der Waals surface area contributed by atoms with Gasteiger partial charge in [0, 0.05) is 13.1 Å². The van der Waals surface area contributed by atoms with Crippen LogP contribution in [0.25, 0.3) is 0 Å². The fourth-order valence-corrected chi connectivity index (χ4v) is 3.93. The molecule has 2 heterocycles. The molecule has 1 atom stereocenters. The van der Waals surface area contributed by atoms with Gasteiger partial charge in [0.05, 0.1) is 11.5 Å². The number of carbonyl (C=O) groups excluding carboxylic acids is 1. The van der Waals surface area contributed by atoms with E-state index in [1.165, 1.54) is 12.1 Å². The standard InChI is InChI=1S/C19H22F6N2O2/c20-18(21,22)14-2-1-9-27(11-14)17(28)15-4-3-13(12-5-7-26-8-6-12)10-16(15)29-19(23,24)25/h3-4,10,12,14,26H,1-2,5-9,11H2. The summed E-state index contributed by atoms with van der Waals surface area (Å²) in [5, 5.41) is 3.16. The lowest BCUT2D eigenvalue weighted by Crippen LogP contribution is -2.44. The van der Waals surface area contributed by atoms with Crippen molar-refractivity contribution in [2.24, 2.45) is 5.92 Å². The van der Waals surface area contributed by atoms with Crippen LogP contribution in [0.5, 0.6) is 5.75 Å². The van der Waals surface area contributed by atoms with Crippen molar-refractivity contribution in [2.45, 2.75) is 44.1 Å². The predicted molar refractivity (Wildman–Crippen MR) is 92.7 cm³/mol. The lowest BCUT2D eigenvalue weighted by molar-refractivity contribution is -0.274. The number of nitrogens with zero attached hydrogens (tertiary/aromatic N) is 1. The quantitative estimate of drug-likeness (QED) is 0.729. The highest BCUT2D eigenvalue weighted by Gasteiger charge is 2.43. The number of hydrogen-bond acceptors (Lipinski definition) is 3. The summed E-state index contributed by atoms with van der Waals surface area (Å²) in [5.41, 5.74) is 0.247. The lowest BCUT2D eigenvalue weighted by Gasteiger charge is -2.34. The Labute approximate surface area is 164 Å². The third-order valence-electron chi connectivity index (χ3n) is 5.44. The van der Waals surface area contributed by atoms with Gasteiger partial charge in [-0.15, -0.1) is 13.2 Å². The SMILES string of the molecule is O=C(c1ccc(C2CCNCC2)cc1OC(F)(F)F)N1CCCC(C(F)(F)F)C1. The average Bonchev–Trinajstić information content (AvgIpc) is 2.66. The van der Waals surface area contributed by atoms with Gasteiger partial charge in [0.2, 0.25) is 0 Å². The molecule has 1 amide bonds. The summed E-state index contributed by atoms with van der Waals surface area (Å²) in [7, 11) is 0. The van der Waals surface area contributed by atoms with Crippen LogP contribution in [0, 0.1) is 5.92 Å². The maximum atomic E-state index is 13.0. The number of carbonyl (C=O) groups is 1. The summed E-state index contributed by atoms with van der Waals surface area (Å²) in [6.07, 6.45) is -7.97. The number of rotatable bonds is 3. The fraction of sp³-hybridized carbons (Fsp3) is 0.632. The van der Waals surface area contributed by atoms with Gasteiger partial charge in [-0.2, -0.15) is 13.2 Å². The summed E-state index contributed by atoms with van der Waals surface area (Å²) >= 11 is 0. The Morgan fingerprint density at radius 3 is 2.38 bits per heavy atom. The summed E-state index contributed by atoms with van der Waals surface area (Å²) in [5.74, 6) is -3.19. The van der Waals surface area contributed by atoms with Crippen molar-refractivity contribution in [2.75, 3.05) is 26.2 Å². The molecule has 0 radical (unpaired) electrons. The molecule has 10 heteroatoms. The Bertz CT molecular complexity index is 728. The molecule has 0 aliphatic carbocycles. The second kappa shape index (κ2) is 8.41. The first-order valence-electron chi connectivity index (χ1n) is 9.51. The first-order valence-corrected chi connectivity index (χ1v) is 9.51. The maximum absolute atomic E-state index is 13.0. The summed E-state index contributed by atoms with van der Waals surface area (Å²) in [6, 6.07) is 4.00. The van der Waals surface area contributed by atoms with Gasteiger partial charge in [-0.25, -0.2) is 0 Å². The smallest absolute Gasteiger partial charge is 0.405 e. The van der Waals surface area contributed by atoms with Crippen molar-refractivity contribution in [3.63, 3.8) is 0 Å². The molecule has 4 nitrogen and oxygen atoms in total. The third kappa shape index (κ3) is 5.55. The molecule has 1 unspecified atom stereocenters. The molecule has 3 rings (SSSR count). The Morgan fingerprint density at radius 1 is 1.07 bits per heavy atom. The van der Waals surface area contributed by atoms with Crippen molar-refractivity contribution < 1.29 is 35.9 Å².